The lowest BCUT2D eigenvalue weighted by Gasteiger charge is -2.30. The molecule has 1 aliphatic rings. The molecule has 0 amide bonds. The highest BCUT2D eigenvalue weighted by Crippen LogP contribution is 2.30. The molecule has 1 aliphatic heterocycles. The van der Waals surface area contributed by atoms with E-state index < -0.39 is 0 Å². The van der Waals surface area contributed by atoms with Crippen LogP contribution in [0.5, 0.6) is 0 Å². The van der Waals surface area contributed by atoms with Gasteiger partial charge in [0, 0.05) is 49.2 Å². The number of methoxy groups -OCH3 is 1. The van der Waals surface area contributed by atoms with Crippen molar-refractivity contribution in [3.63, 3.8) is 0 Å². The second-order valence-corrected chi connectivity index (χ2v) is 7.63. The van der Waals surface area contributed by atoms with Crippen molar-refractivity contribution in [3.8, 4) is 0 Å². The van der Waals surface area contributed by atoms with Crippen LogP contribution in [0, 0.1) is 0 Å². The fraction of sp³-hybridized carbons (Fsp3) is 0.786. The van der Waals surface area contributed by atoms with Crippen LogP contribution in [0.1, 0.15) is 24.4 Å². The van der Waals surface area contributed by atoms with Crippen molar-refractivity contribution in [2.45, 2.75) is 32.1 Å². The van der Waals surface area contributed by atoms with E-state index in [2.05, 4.69) is 35.8 Å². The summed E-state index contributed by atoms with van der Waals surface area (Å²) in [4.78, 5) is 8.68. The Hall–Kier alpha value is -0.300. The van der Waals surface area contributed by atoms with E-state index in [4.69, 9.17) is 9.72 Å². The van der Waals surface area contributed by atoms with Crippen molar-refractivity contribution in [1.82, 2.24) is 10.3 Å². The molecule has 6 heteroatoms. The molecule has 20 heavy (non-hydrogen) atoms. The van der Waals surface area contributed by atoms with Gasteiger partial charge in [-0.2, -0.15) is 11.8 Å². The molecule has 0 aromatic carbocycles. The maximum Gasteiger partial charge on any atom is 0.185 e. The normalized spacial score (nSPS) is 19.6. The Bertz CT molecular complexity index is 411. The summed E-state index contributed by atoms with van der Waals surface area (Å²) in [7, 11) is 1.74. The fourth-order valence-electron chi connectivity index (χ4n) is 2.29. The summed E-state index contributed by atoms with van der Waals surface area (Å²) in [5, 5.41) is 5.34. The number of thiazole rings is 1. The minimum absolute atomic E-state index is 0.709. The number of rotatable bonds is 7. The Morgan fingerprint density at radius 1 is 1.50 bits per heavy atom. The van der Waals surface area contributed by atoms with Gasteiger partial charge in [0.2, 0.25) is 0 Å². The van der Waals surface area contributed by atoms with Gasteiger partial charge in [0.25, 0.3) is 0 Å². The van der Waals surface area contributed by atoms with Crippen LogP contribution in [-0.2, 0) is 17.7 Å². The molecule has 0 aliphatic carbocycles. The smallest absolute Gasteiger partial charge is 0.185 e. The largest absolute Gasteiger partial charge is 0.383 e. The van der Waals surface area contributed by atoms with E-state index in [1.807, 2.05) is 11.3 Å². The van der Waals surface area contributed by atoms with Crippen molar-refractivity contribution in [3.05, 3.63) is 10.6 Å². The molecule has 1 atom stereocenters. The van der Waals surface area contributed by atoms with Crippen LogP contribution in [0.25, 0.3) is 0 Å². The molecule has 0 saturated carbocycles. The van der Waals surface area contributed by atoms with Crippen LogP contribution in [0.15, 0.2) is 0 Å². The van der Waals surface area contributed by atoms with E-state index >= 15 is 0 Å². The zero-order chi connectivity index (χ0) is 14.4. The molecule has 1 saturated heterocycles. The van der Waals surface area contributed by atoms with Crippen LogP contribution in [0.2, 0.25) is 0 Å². The SMILES string of the molecule is CCc1nc(N2CCSC(C)C2)sc1CNCCOC. The number of nitrogens with one attached hydrogen (secondary N) is 1. The van der Waals surface area contributed by atoms with Crippen molar-refractivity contribution in [1.29, 1.82) is 0 Å². The molecule has 1 aromatic heterocycles. The summed E-state index contributed by atoms with van der Waals surface area (Å²) in [5.74, 6) is 1.21. The average molecular weight is 316 g/mol. The first-order valence-electron chi connectivity index (χ1n) is 7.29. The number of hydrogen-bond acceptors (Lipinski definition) is 6. The first-order valence-corrected chi connectivity index (χ1v) is 9.15. The molecule has 0 bridgehead atoms. The molecule has 1 N–H and O–H groups in total. The van der Waals surface area contributed by atoms with Gasteiger partial charge in [0.15, 0.2) is 5.13 Å². The van der Waals surface area contributed by atoms with Crippen LogP contribution >= 0.6 is 23.1 Å². The standard InChI is InChI=1S/C14H25N3OS2/c1-4-12-13(9-15-5-7-18-3)20-14(16-12)17-6-8-19-11(2)10-17/h11,15H,4-10H2,1-3H3. The van der Waals surface area contributed by atoms with E-state index in [0.717, 1.165) is 39.2 Å². The van der Waals surface area contributed by atoms with Gasteiger partial charge in [-0.3, -0.25) is 0 Å². The lowest BCUT2D eigenvalue weighted by atomic mass is 10.3. The summed E-state index contributed by atoms with van der Waals surface area (Å²) in [6.07, 6.45) is 1.01. The van der Waals surface area contributed by atoms with E-state index in [-0.39, 0.29) is 0 Å². The summed E-state index contributed by atoms with van der Waals surface area (Å²) < 4.78 is 5.06. The number of aromatic nitrogens is 1. The highest BCUT2D eigenvalue weighted by molar-refractivity contribution is 8.00. The summed E-state index contributed by atoms with van der Waals surface area (Å²) in [6.45, 7) is 9.30. The molecule has 2 heterocycles. The summed E-state index contributed by atoms with van der Waals surface area (Å²) >= 11 is 3.91. The highest BCUT2D eigenvalue weighted by Gasteiger charge is 2.21. The van der Waals surface area contributed by atoms with Crippen LogP contribution in [-0.4, -0.2) is 49.3 Å². The highest BCUT2D eigenvalue weighted by atomic mass is 32.2. The van der Waals surface area contributed by atoms with Crippen LogP contribution < -0.4 is 10.2 Å². The molecule has 1 aromatic rings. The monoisotopic (exact) mass is 315 g/mol. The van der Waals surface area contributed by atoms with E-state index in [1.165, 1.54) is 21.5 Å². The van der Waals surface area contributed by atoms with Gasteiger partial charge in [0.1, 0.15) is 0 Å². The second kappa shape index (κ2) is 8.22. The third-order valence-electron chi connectivity index (χ3n) is 3.38. The third-order valence-corrected chi connectivity index (χ3v) is 5.68. The molecule has 2 rings (SSSR count). The average Bonchev–Trinajstić information content (AvgIpc) is 2.87. The van der Waals surface area contributed by atoms with Gasteiger partial charge in [-0.15, -0.1) is 11.3 Å². The second-order valence-electron chi connectivity index (χ2n) is 5.02. The minimum atomic E-state index is 0.709. The van der Waals surface area contributed by atoms with E-state index in [1.54, 1.807) is 7.11 Å². The Morgan fingerprint density at radius 2 is 2.35 bits per heavy atom. The molecule has 1 fully saturated rings. The number of ether oxygens (including phenoxy) is 1. The maximum absolute atomic E-state index is 5.06. The van der Waals surface area contributed by atoms with Crippen LogP contribution in [0.4, 0.5) is 5.13 Å². The Balaban J connectivity index is 1.98. The summed E-state index contributed by atoms with van der Waals surface area (Å²) in [6, 6.07) is 0. The molecule has 1 unspecified atom stereocenters. The molecule has 0 radical (unpaired) electrons. The van der Waals surface area contributed by atoms with E-state index in [9.17, 15) is 0 Å². The third kappa shape index (κ3) is 4.35. The first kappa shape index (κ1) is 16.1. The Kier molecular flexibility index (Phi) is 6.61. The molecule has 114 valence electrons. The molecule has 0 spiro atoms. The number of thioether (sulfide) groups is 1. The van der Waals surface area contributed by atoms with Gasteiger partial charge < -0.3 is 15.0 Å². The Labute approximate surface area is 130 Å². The zero-order valence-electron chi connectivity index (χ0n) is 12.6. The van der Waals surface area contributed by atoms with Gasteiger partial charge >= 0.3 is 0 Å². The number of nitrogens with zero attached hydrogens (tertiary/aromatic N) is 2. The van der Waals surface area contributed by atoms with Crippen molar-refractivity contribution >= 4 is 28.2 Å². The fourth-order valence-corrected chi connectivity index (χ4v) is 4.45. The minimum Gasteiger partial charge on any atom is -0.383 e. The molecular formula is C14H25N3OS2. The predicted octanol–water partition coefficient (Wildman–Crippen LogP) is 2.38. The van der Waals surface area contributed by atoms with Crippen LogP contribution in [0.3, 0.4) is 0 Å². The predicted molar refractivity (Wildman–Crippen MR) is 89.2 cm³/mol. The maximum atomic E-state index is 5.06. The number of anilines is 1. The first-order chi connectivity index (χ1) is 9.74. The van der Waals surface area contributed by atoms with Gasteiger partial charge in [-0.25, -0.2) is 4.98 Å². The van der Waals surface area contributed by atoms with Gasteiger partial charge in [-0.05, 0) is 6.42 Å². The van der Waals surface area contributed by atoms with Crippen molar-refractivity contribution < 1.29 is 4.74 Å². The lowest BCUT2D eigenvalue weighted by Crippen LogP contribution is -2.36. The lowest BCUT2D eigenvalue weighted by molar-refractivity contribution is 0.199. The van der Waals surface area contributed by atoms with Gasteiger partial charge in [0.05, 0.1) is 12.3 Å². The molecule has 4 nitrogen and oxygen atoms in total. The van der Waals surface area contributed by atoms with E-state index in [0.29, 0.717) is 5.25 Å². The Morgan fingerprint density at radius 3 is 3.05 bits per heavy atom. The molecular weight excluding hydrogens is 290 g/mol. The van der Waals surface area contributed by atoms with Crippen molar-refractivity contribution in [2.24, 2.45) is 0 Å². The quantitative estimate of drug-likeness (QED) is 0.782. The number of aryl methyl sites for hydroxylation is 1. The zero-order valence-corrected chi connectivity index (χ0v) is 14.3. The summed E-state index contributed by atoms with van der Waals surface area (Å²) in [5.41, 5.74) is 1.25. The number of hydrogen-bond donors (Lipinski definition) is 1. The van der Waals surface area contributed by atoms with Gasteiger partial charge in [-0.1, -0.05) is 13.8 Å². The topological polar surface area (TPSA) is 37.4 Å². The van der Waals surface area contributed by atoms with Crippen molar-refractivity contribution in [2.75, 3.05) is 44.0 Å².